The number of fused-ring (bicyclic) bond motifs is 1. The number of unbranched alkanes of at least 4 members (excludes halogenated alkanes) is 3. The van der Waals surface area contributed by atoms with Crippen molar-refractivity contribution in [3.8, 4) is 0 Å². The number of carbonyl (C=O) groups excluding carboxylic acids is 1. The van der Waals surface area contributed by atoms with Crippen molar-refractivity contribution in [1.29, 1.82) is 0 Å². The fraction of sp³-hybridized carbons (Fsp3) is 0.562. The summed E-state index contributed by atoms with van der Waals surface area (Å²) in [6.45, 7) is 2.87. The number of ether oxygens (including phenoxy) is 1. The highest BCUT2D eigenvalue weighted by Crippen LogP contribution is 2.26. The van der Waals surface area contributed by atoms with E-state index in [0.717, 1.165) is 38.7 Å². The van der Waals surface area contributed by atoms with E-state index in [9.17, 15) is 4.79 Å². The molecule has 1 aromatic carbocycles. The molecule has 0 fully saturated rings. The predicted molar refractivity (Wildman–Crippen MR) is 77.0 cm³/mol. The van der Waals surface area contributed by atoms with Gasteiger partial charge in [-0.25, -0.2) is 0 Å². The van der Waals surface area contributed by atoms with Crippen LogP contribution in [0.3, 0.4) is 0 Å². The van der Waals surface area contributed by atoms with Crippen LogP contribution < -0.4 is 5.32 Å². The number of nitrogens with one attached hydrogen (secondary N) is 1. The Bertz CT molecular complexity index is 417. The van der Waals surface area contributed by atoms with Crippen LogP contribution in [0.2, 0.25) is 0 Å². The standard InChI is InChI=1S/C16H22NO2/c1-13-6-7-14-8-9-16(17-15(14)12-13)19-11-5-3-2-4-10-18/h6-7,12,16-17H,2-5,8-9,11H2,1H3. The van der Waals surface area contributed by atoms with Gasteiger partial charge in [0.15, 0.2) is 6.29 Å². The molecule has 1 unspecified atom stereocenters. The van der Waals surface area contributed by atoms with Gasteiger partial charge in [0.25, 0.3) is 0 Å². The summed E-state index contributed by atoms with van der Waals surface area (Å²) in [7, 11) is 0. The quantitative estimate of drug-likeness (QED) is 0.764. The van der Waals surface area contributed by atoms with Gasteiger partial charge < -0.3 is 10.1 Å². The maximum atomic E-state index is 10.1. The van der Waals surface area contributed by atoms with Crippen LogP contribution in [0, 0.1) is 6.92 Å². The zero-order chi connectivity index (χ0) is 13.5. The summed E-state index contributed by atoms with van der Waals surface area (Å²) in [6.07, 6.45) is 7.68. The molecule has 2 rings (SSSR count). The average Bonchev–Trinajstić information content (AvgIpc) is 2.42. The highest BCUT2D eigenvalue weighted by Gasteiger charge is 2.17. The van der Waals surface area contributed by atoms with Crippen LogP contribution in [0.5, 0.6) is 0 Å². The summed E-state index contributed by atoms with van der Waals surface area (Å²) in [5, 5.41) is 3.46. The first-order valence-corrected chi connectivity index (χ1v) is 7.12. The van der Waals surface area contributed by atoms with Gasteiger partial charge in [-0.15, -0.1) is 0 Å². The third-order valence-corrected chi connectivity index (χ3v) is 3.50. The topological polar surface area (TPSA) is 38.3 Å². The zero-order valence-corrected chi connectivity index (χ0v) is 11.6. The molecule has 0 amide bonds. The van der Waals surface area contributed by atoms with E-state index in [-0.39, 0.29) is 6.23 Å². The fourth-order valence-electron chi connectivity index (χ4n) is 2.40. The lowest BCUT2D eigenvalue weighted by Crippen LogP contribution is -2.28. The number of hydrogen-bond donors (Lipinski definition) is 1. The van der Waals surface area contributed by atoms with Crippen LogP contribution in [-0.2, 0) is 16.0 Å². The second kappa shape index (κ2) is 7.29. The van der Waals surface area contributed by atoms with Gasteiger partial charge in [-0.1, -0.05) is 18.6 Å². The van der Waals surface area contributed by atoms with Crippen LogP contribution in [0.1, 0.15) is 43.2 Å². The van der Waals surface area contributed by atoms with Gasteiger partial charge in [-0.2, -0.15) is 0 Å². The maximum Gasteiger partial charge on any atom is 0.198 e. The summed E-state index contributed by atoms with van der Waals surface area (Å²) in [4.78, 5) is 10.1. The molecule has 1 radical (unpaired) electrons. The SMILES string of the molecule is Cc1ccc2c(c1)NC(OCCCCC[C]=O)CC2. The van der Waals surface area contributed by atoms with Crippen LogP contribution >= 0.6 is 0 Å². The number of anilines is 1. The van der Waals surface area contributed by atoms with Crippen molar-refractivity contribution in [2.45, 2.75) is 51.7 Å². The second-order valence-electron chi connectivity index (χ2n) is 5.16. The molecule has 19 heavy (non-hydrogen) atoms. The molecule has 3 heteroatoms. The maximum absolute atomic E-state index is 10.1. The lowest BCUT2D eigenvalue weighted by molar-refractivity contribution is 0.0615. The first-order valence-electron chi connectivity index (χ1n) is 7.12. The number of aryl methyl sites for hydroxylation is 2. The smallest absolute Gasteiger partial charge is 0.198 e. The van der Waals surface area contributed by atoms with Gasteiger partial charge in [-0.3, -0.25) is 4.79 Å². The number of rotatable bonds is 7. The lowest BCUT2D eigenvalue weighted by atomic mass is 10.0. The molecule has 0 saturated carbocycles. The van der Waals surface area contributed by atoms with Gasteiger partial charge in [0.05, 0.1) is 0 Å². The van der Waals surface area contributed by atoms with E-state index in [1.807, 2.05) is 6.29 Å². The summed E-state index contributed by atoms with van der Waals surface area (Å²) in [6, 6.07) is 6.54. The third kappa shape index (κ3) is 4.35. The predicted octanol–water partition coefficient (Wildman–Crippen LogP) is 3.37. The Kier molecular flexibility index (Phi) is 5.40. The van der Waals surface area contributed by atoms with Crippen molar-refractivity contribution in [1.82, 2.24) is 0 Å². The van der Waals surface area contributed by atoms with E-state index in [2.05, 4.69) is 30.4 Å². The minimum absolute atomic E-state index is 0.131. The summed E-state index contributed by atoms with van der Waals surface area (Å²) >= 11 is 0. The van der Waals surface area contributed by atoms with Gasteiger partial charge in [0.1, 0.15) is 6.23 Å². The molecule has 0 aliphatic carbocycles. The van der Waals surface area contributed by atoms with Crippen molar-refractivity contribution in [3.05, 3.63) is 29.3 Å². The highest BCUT2D eigenvalue weighted by molar-refractivity contribution is 5.55. The molecule has 0 aromatic heterocycles. The number of hydrogen-bond acceptors (Lipinski definition) is 3. The minimum Gasteiger partial charge on any atom is -0.360 e. The van der Waals surface area contributed by atoms with E-state index >= 15 is 0 Å². The molecule has 0 bridgehead atoms. The van der Waals surface area contributed by atoms with Gasteiger partial charge in [-0.05, 0) is 49.8 Å². The highest BCUT2D eigenvalue weighted by atomic mass is 16.5. The third-order valence-electron chi connectivity index (χ3n) is 3.50. The van der Waals surface area contributed by atoms with Crippen molar-refractivity contribution in [3.63, 3.8) is 0 Å². The molecule has 1 aliphatic heterocycles. The van der Waals surface area contributed by atoms with Crippen molar-refractivity contribution >= 4 is 12.0 Å². The average molecular weight is 260 g/mol. The summed E-state index contributed by atoms with van der Waals surface area (Å²) < 4.78 is 5.85. The second-order valence-corrected chi connectivity index (χ2v) is 5.16. The van der Waals surface area contributed by atoms with Crippen molar-refractivity contribution in [2.75, 3.05) is 11.9 Å². The zero-order valence-electron chi connectivity index (χ0n) is 11.6. The number of benzene rings is 1. The van der Waals surface area contributed by atoms with Crippen LogP contribution in [0.15, 0.2) is 18.2 Å². The normalized spacial score (nSPS) is 17.6. The molecular formula is C16H22NO2. The molecule has 1 aliphatic rings. The van der Waals surface area contributed by atoms with Crippen LogP contribution in [0.4, 0.5) is 5.69 Å². The first kappa shape index (κ1) is 14.1. The van der Waals surface area contributed by atoms with E-state index in [4.69, 9.17) is 4.74 Å². The fourth-order valence-corrected chi connectivity index (χ4v) is 2.40. The Morgan fingerprint density at radius 1 is 1.37 bits per heavy atom. The molecular weight excluding hydrogens is 238 g/mol. The van der Waals surface area contributed by atoms with Crippen LogP contribution in [-0.4, -0.2) is 19.1 Å². The monoisotopic (exact) mass is 260 g/mol. The molecule has 0 spiro atoms. The Morgan fingerprint density at radius 3 is 3.11 bits per heavy atom. The molecule has 1 atom stereocenters. The Labute approximate surface area is 115 Å². The Hall–Kier alpha value is -1.35. The van der Waals surface area contributed by atoms with Crippen LogP contribution in [0.25, 0.3) is 0 Å². The van der Waals surface area contributed by atoms with Crippen molar-refractivity contribution < 1.29 is 9.53 Å². The molecule has 1 heterocycles. The molecule has 0 saturated heterocycles. The Balaban J connectivity index is 1.71. The van der Waals surface area contributed by atoms with Gasteiger partial charge in [0.2, 0.25) is 0 Å². The molecule has 1 N–H and O–H groups in total. The van der Waals surface area contributed by atoms with E-state index in [0.29, 0.717) is 6.42 Å². The molecule has 103 valence electrons. The summed E-state index contributed by atoms with van der Waals surface area (Å²) in [5.74, 6) is 0. The minimum atomic E-state index is 0.131. The van der Waals surface area contributed by atoms with E-state index < -0.39 is 0 Å². The van der Waals surface area contributed by atoms with E-state index in [1.165, 1.54) is 16.8 Å². The largest absolute Gasteiger partial charge is 0.360 e. The lowest BCUT2D eigenvalue weighted by Gasteiger charge is -2.27. The molecule has 3 nitrogen and oxygen atoms in total. The Morgan fingerprint density at radius 2 is 2.26 bits per heavy atom. The van der Waals surface area contributed by atoms with E-state index in [1.54, 1.807) is 0 Å². The summed E-state index contributed by atoms with van der Waals surface area (Å²) in [5.41, 5.74) is 3.87. The first-order chi connectivity index (χ1) is 9.29. The van der Waals surface area contributed by atoms with Crippen molar-refractivity contribution in [2.24, 2.45) is 0 Å². The van der Waals surface area contributed by atoms with Gasteiger partial charge >= 0.3 is 0 Å². The molecule has 1 aromatic rings. The van der Waals surface area contributed by atoms with Gasteiger partial charge in [0, 0.05) is 18.7 Å².